The summed E-state index contributed by atoms with van der Waals surface area (Å²) in [6.45, 7) is 0. The van der Waals surface area contributed by atoms with Crippen LogP contribution < -0.4 is 4.74 Å². The van der Waals surface area contributed by atoms with E-state index in [1.165, 1.54) is 6.42 Å². The lowest BCUT2D eigenvalue weighted by Crippen LogP contribution is -2.24. The van der Waals surface area contributed by atoms with E-state index in [9.17, 15) is 0 Å². The topological polar surface area (TPSA) is 9.23 Å². The molecule has 0 amide bonds. The summed E-state index contributed by atoms with van der Waals surface area (Å²) in [5, 5.41) is 1.26. The molecule has 0 N–H and O–H groups in total. The largest absolute Gasteiger partial charge is 0.490 e. The third-order valence-corrected chi connectivity index (χ3v) is 3.51. The van der Waals surface area contributed by atoms with E-state index in [0.29, 0.717) is 26.9 Å². The van der Waals surface area contributed by atoms with E-state index in [1.807, 2.05) is 0 Å². The summed E-state index contributed by atoms with van der Waals surface area (Å²) in [4.78, 5) is 0. The van der Waals surface area contributed by atoms with Gasteiger partial charge in [-0.1, -0.05) is 34.8 Å². The first-order valence-electron chi connectivity index (χ1n) is 4.48. The molecule has 1 aliphatic carbocycles. The molecule has 0 unspecified atom stereocenters. The molecule has 0 saturated heterocycles. The minimum absolute atomic E-state index is 0.323. The van der Waals surface area contributed by atoms with Gasteiger partial charge in [-0.05, 0) is 19.3 Å². The zero-order valence-electron chi connectivity index (χ0n) is 7.40. The molecule has 4 heteroatoms. The Morgan fingerprint density at radius 3 is 2.07 bits per heavy atom. The second-order valence-corrected chi connectivity index (χ2v) is 4.56. The van der Waals surface area contributed by atoms with Gasteiger partial charge in [0.1, 0.15) is 5.75 Å². The molecule has 1 aliphatic rings. The Bertz CT molecular complexity index is 324. The van der Waals surface area contributed by atoms with Crippen molar-refractivity contribution in [1.82, 2.24) is 0 Å². The lowest BCUT2D eigenvalue weighted by molar-refractivity contribution is 0.120. The quantitative estimate of drug-likeness (QED) is 0.699. The third-order valence-electron chi connectivity index (χ3n) is 2.31. The summed E-state index contributed by atoms with van der Waals surface area (Å²) in [6, 6.07) is 3.40. The van der Waals surface area contributed by atoms with Crippen LogP contribution in [0.2, 0.25) is 15.1 Å². The minimum atomic E-state index is 0.323. The first-order valence-corrected chi connectivity index (χ1v) is 5.61. The lowest BCUT2D eigenvalue weighted by Gasteiger charge is -2.26. The number of rotatable bonds is 2. The van der Waals surface area contributed by atoms with Crippen molar-refractivity contribution in [3.63, 3.8) is 0 Å². The van der Waals surface area contributed by atoms with Crippen LogP contribution in [0.25, 0.3) is 0 Å². The van der Waals surface area contributed by atoms with Crippen molar-refractivity contribution in [3.8, 4) is 5.75 Å². The Hall–Kier alpha value is -0.110. The van der Waals surface area contributed by atoms with Crippen LogP contribution in [0.1, 0.15) is 19.3 Å². The highest BCUT2D eigenvalue weighted by Crippen LogP contribution is 2.35. The fraction of sp³-hybridized carbons (Fsp3) is 0.400. The van der Waals surface area contributed by atoms with Gasteiger partial charge >= 0.3 is 0 Å². The van der Waals surface area contributed by atoms with Gasteiger partial charge in [0.15, 0.2) is 0 Å². The average molecular weight is 252 g/mol. The van der Waals surface area contributed by atoms with Gasteiger partial charge in [-0.25, -0.2) is 0 Å². The fourth-order valence-corrected chi connectivity index (χ4v) is 1.86. The van der Waals surface area contributed by atoms with E-state index in [0.717, 1.165) is 12.8 Å². The molecule has 1 saturated carbocycles. The fourth-order valence-electron chi connectivity index (χ4n) is 1.28. The standard InChI is InChI=1S/C10H9Cl3O/c11-8-4-7(5-9(12)10(8)13)14-6-2-1-3-6/h4-6H,1-3H2. The molecule has 1 fully saturated rings. The lowest BCUT2D eigenvalue weighted by atomic mass is 9.96. The maximum Gasteiger partial charge on any atom is 0.122 e. The zero-order chi connectivity index (χ0) is 10.1. The van der Waals surface area contributed by atoms with Crippen molar-refractivity contribution in [2.45, 2.75) is 25.4 Å². The van der Waals surface area contributed by atoms with Gasteiger partial charge in [-0.2, -0.15) is 0 Å². The maximum absolute atomic E-state index is 5.87. The van der Waals surface area contributed by atoms with E-state index >= 15 is 0 Å². The summed E-state index contributed by atoms with van der Waals surface area (Å²) < 4.78 is 5.64. The van der Waals surface area contributed by atoms with Crippen LogP contribution in [0.3, 0.4) is 0 Å². The molecule has 0 aliphatic heterocycles. The van der Waals surface area contributed by atoms with Crippen molar-refractivity contribution in [2.24, 2.45) is 0 Å². The molecule has 1 nitrogen and oxygen atoms in total. The summed E-state index contributed by atoms with van der Waals surface area (Å²) in [6.07, 6.45) is 3.78. The summed E-state index contributed by atoms with van der Waals surface area (Å²) in [5.41, 5.74) is 0. The predicted octanol–water partition coefficient (Wildman–Crippen LogP) is 4.58. The van der Waals surface area contributed by atoms with Crippen molar-refractivity contribution < 1.29 is 4.74 Å². The highest BCUT2D eigenvalue weighted by Gasteiger charge is 2.19. The molecule has 14 heavy (non-hydrogen) atoms. The summed E-state index contributed by atoms with van der Waals surface area (Å²) in [5.74, 6) is 0.703. The van der Waals surface area contributed by atoms with Gasteiger partial charge in [-0.3, -0.25) is 0 Å². The zero-order valence-corrected chi connectivity index (χ0v) is 9.66. The van der Waals surface area contributed by atoms with Gasteiger partial charge in [0.2, 0.25) is 0 Å². The van der Waals surface area contributed by atoms with Crippen LogP contribution in [-0.4, -0.2) is 6.10 Å². The average Bonchev–Trinajstić information content (AvgIpc) is 2.07. The Kier molecular flexibility index (Phi) is 3.10. The predicted molar refractivity (Wildman–Crippen MR) is 59.7 cm³/mol. The van der Waals surface area contributed by atoms with E-state index in [-0.39, 0.29) is 0 Å². The van der Waals surface area contributed by atoms with Gasteiger partial charge < -0.3 is 4.74 Å². The van der Waals surface area contributed by atoms with Crippen LogP contribution in [-0.2, 0) is 0 Å². The summed E-state index contributed by atoms with van der Waals surface area (Å²) >= 11 is 17.5. The number of benzene rings is 1. The molecule has 0 radical (unpaired) electrons. The molecular weight excluding hydrogens is 242 g/mol. The van der Waals surface area contributed by atoms with Crippen LogP contribution in [0.15, 0.2) is 12.1 Å². The molecule has 0 bridgehead atoms. The van der Waals surface area contributed by atoms with Crippen molar-refractivity contribution in [2.75, 3.05) is 0 Å². The Balaban J connectivity index is 2.17. The first kappa shape index (κ1) is 10.4. The minimum Gasteiger partial charge on any atom is -0.490 e. The van der Waals surface area contributed by atoms with Crippen LogP contribution in [0.5, 0.6) is 5.75 Å². The highest BCUT2D eigenvalue weighted by atomic mass is 35.5. The normalized spacial score (nSPS) is 16.5. The molecule has 0 spiro atoms. The van der Waals surface area contributed by atoms with Crippen molar-refractivity contribution >= 4 is 34.8 Å². The molecule has 2 rings (SSSR count). The van der Waals surface area contributed by atoms with Crippen LogP contribution >= 0.6 is 34.8 Å². The van der Waals surface area contributed by atoms with Crippen LogP contribution in [0, 0.1) is 0 Å². The number of halogens is 3. The maximum atomic E-state index is 5.87. The van der Waals surface area contributed by atoms with Gasteiger partial charge in [0, 0.05) is 12.1 Å². The van der Waals surface area contributed by atoms with E-state index in [4.69, 9.17) is 39.5 Å². The Labute approximate surface area is 97.9 Å². The monoisotopic (exact) mass is 250 g/mol. The molecule has 1 aromatic rings. The molecule has 1 aromatic carbocycles. The smallest absolute Gasteiger partial charge is 0.122 e. The van der Waals surface area contributed by atoms with Gasteiger partial charge in [0.05, 0.1) is 21.2 Å². The second-order valence-electron chi connectivity index (χ2n) is 3.37. The second kappa shape index (κ2) is 4.18. The first-order chi connectivity index (χ1) is 6.66. The number of hydrogen-bond donors (Lipinski definition) is 0. The van der Waals surface area contributed by atoms with E-state index in [1.54, 1.807) is 12.1 Å². The van der Waals surface area contributed by atoms with Gasteiger partial charge in [-0.15, -0.1) is 0 Å². The van der Waals surface area contributed by atoms with Crippen LogP contribution in [0.4, 0.5) is 0 Å². The van der Waals surface area contributed by atoms with Gasteiger partial charge in [0.25, 0.3) is 0 Å². The number of ether oxygens (including phenoxy) is 1. The Morgan fingerprint density at radius 1 is 1.07 bits per heavy atom. The molecule has 0 heterocycles. The summed E-state index contributed by atoms with van der Waals surface area (Å²) in [7, 11) is 0. The molecule has 0 aromatic heterocycles. The van der Waals surface area contributed by atoms with Crippen molar-refractivity contribution in [3.05, 3.63) is 27.2 Å². The SMILES string of the molecule is Clc1cc(OC2CCC2)cc(Cl)c1Cl. The van der Waals surface area contributed by atoms with Crippen molar-refractivity contribution in [1.29, 1.82) is 0 Å². The highest BCUT2D eigenvalue weighted by molar-refractivity contribution is 6.48. The molecular formula is C10H9Cl3O. The van der Waals surface area contributed by atoms with E-state index in [2.05, 4.69) is 0 Å². The Morgan fingerprint density at radius 2 is 1.64 bits per heavy atom. The molecule has 0 atom stereocenters. The number of hydrogen-bond acceptors (Lipinski definition) is 1. The third kappa shape index (κ3) is 2.10. The van der Waals surface area contributed by atoms with E-state index < -0.39 is 0 Å². The molecule has 76 valence electrons.